The normalized spacial score (nSPS) is 33.8. The molecule has 0 aromatic heterocycles. The number of aliphatic hydroxyl groups is 1. The Kier molecular flexibility index (Phi) is 3.30. The highest BCUT2D eigenvalue weighted by Gasteiger charge is 2.32. The molecule has 0 spiro atoms. The third kappa shape index (κ3) is 2.04. The fraction of sp³-hybridized carbons (Fsp3) is 0.889. The first-order valence-corrected chi connectivity index (χ1v) is 6.06. The van der Waals surface area contributed by atoms with Crippen LogP contribution in [0.25, 0.3) is 0 Å². The molecule has 0 saturated carbocycles. The van der Waals surface area contributed by atoms with Crippen LogP contribution < -0.4 is 0 Å². The number of aliphatic hydroxyl groups excluding tert-OH is 1. The molecule has 0 bridgehead atoms. The predicted octanol–water partition coefficient (Wildman–Crippen LogP) is -0.288. The fourth-order valence-electron chi connectivity index (χ4n) is 1.88. The van der Waals surface area contributed by atoms with E-state index in [0.29, 0.717) is 12.6 Å². The number of ether oxygens (including phenoxy) is 1. The zero-order chi connectivity index (χ0) is 9.97. The lowest BCUT2D eigenvalue weighted by Crippen LogP contribution is -2.52. The molecule has 0 aromatic rings. The summed E-state index contributed by atoms with van der Waals surface area (Å²) in [6.07, 6.45) is 0.896. The molecule has 14 heavy (non-hydrogen) atoms. The van der Waals surface area contributed by atoms with Gasteiger partial charge in [0.05, 0.1) is 12.7 Å². The molecule has 2 heterocycles. The van der Waals surface area contributed by atoms with Crippen molar-refractivity contribution in [1.82, 2.24) is 4.90 Å². The predicted molar refractivity (Wildman–Crippen MR) is 54.3 cm³/mol. The molecule has 2 fully saturated rings. The zero-order valence-corrected chi connectivity index (χ0v) is 8.83. The maximum Gasteiger partial charge on any atom is 0.248 e. The lowest BCUT2D eigenvalue weighted by Gasteiger charge is -2.35. The van der Waals surface area contributed by atoms with E-state index in [0.717, 1.165) is 17.9 Å². The summed E-state index contributed by atoms with van der Waals surface area (Å²) < 4.78 is 5.18. The Morgan fingerprint density at radius 2 is 2.50 bits per heavy atom. The van der Waals surface area contributed by atoms with Crippen LogP contribution in [0.15, 0.2) is 0 Å². The van der Waals surface area contributed by atoms with Gasteiger partial charge in [-0.05, 0) is 12.2 Å². The van der Waals surface area contributed by atoms with Gasteiger partial charge >= 0.3 is 0 Å². The standard InChI is InChI=1S/C9H15NO3S/c11-4-8-3-10(9(12)5-13-8)7-1-2-14-6-7/h7-8,11H,1-6H2. The van der Waals surface area contributed by atoms with E-state index >= 15 is 0 Å². The number of hydrogen-bond donors (Lipinski definition) is 1. The minimum atomic E-state index is -0.182. The molecule has 2 atom stereocenters. The first-order chi connectivity index (χ1) is 6.81. The molecular weight excluding hydrogens is 202 g/mol. The highest BCUT2D eigenvalue weighted by molar-refractivity contribution is 7.99. The third-order valence-corrected chi connectivity index (χ3v) is 3.86. The number of morpholine rings is 1. The summed E-state index contributed by atoms with van der Waals surface area (Å²) in [5, 5.41) is 8.97. The van der Waals surface area contributed by atoms with Gasteiger partial charge in [-0.15, -0.1) is 0 Å². The highest BCUT2D eigenvalue weighted by atomic mass is 32.2. The molecule has 1 amide bonds. The third-order valence-electron chi connectivity index (χ3n) is 2.71. The van der Waals surface area contributed by atoms with Crippen molar-refractivity contribution in [2.75, 3.05) is 31.3 Å². The fourth-order valence-corrected chi connectivity index (χ4v) is 3.10. The van der Waals surface area contributed by atoms with Gasteiger partial charge in [0, 0.05) is 18.3 Å². The first-order valence-electron chi connectivity index (χ1n) is 4.91. The number of rotatable bonds is 2. The van der Waals surface area contributed by atoms with Crippen LogP contribution in [0.3, 0.4) is 0 Å². The summed E-state index contributed by atoms with van der Waals surface area (Å²) in [7, 11) is 0. The quantitative estimate of drug-likeness (QED) is 0.690. The number of hydrogen-bond acceptors (Lipinski definition) is 4. The van der Waals surface area contributed by atoms with E-state index in [2.05, 4.69) is 0 Å². The summed E-state index contributed by atoms with van der Waals surface area (Å²) in [5.74, 6) is 2.24. The van der Waals surface area contributed by atoms with E-state index in [9.17, 15) is 4.79 Å². The second-order valence-corrected chi connectivity index (χ2v) is 4.83. The molecule has 1 N–H and O–H groups in total. The maximum absolute atomic E-state index is 11.6. The second-order valence-electron chi connectivity index (χ2n) is 3.68. The largest absolute Gasteiger partial charge is 0.394 e. The molecular formula is C9H15NO3S. The summed E-state index contributed by atoms with van der Waals surface area (Å²) >= 11 is 1.89. The average molecular weight is 217 g/mol. The van der Waals surface area contributed by atoms with Crippen LogP contribution in [0.5, 0.6) is 0 Å². The van der Waals surface area contributed by atoms with Crippen molar-refractivity contribution in [1.29, 1.82) is 0 Å². The molecule has 2 saturated heterocycles. The van der Waals surface area contributed by atoms with Crippen LogP contribution in [0.2, 0.25) is 0 Å². The van der Waals surface area contributed by atoms with E-state index in [1.54, 1.807) is 0 Å². The molecule has 2 aliphatic rings. The van der Waals surface area contributed by atoms with Crippen LogP contribution in [0.1, 0.15) is 6.42 Å². The van der Waals surface area contributed by atoms with Crippen molar-refractivity contribution in [3.8, 4) is 0 Å². The zero-order valence-electron chi connectivity index (χ0n) is 8.02. The van der Waals surface area contributed by atoms with Gasteiger partial charge in [-0.2, -0.15) is 11.8 Å². The SMILES string of the molecule is O=C1COC(CO)CN1C1CCSC1. The lowest BCUT2D eigenvalue weighted by atomic mass is 10.2. The molecule has 0 radical (unpaired) electrons. The van der Waals surface area contributed by atoms with Gasteiger partial charge in [-0.3, -0.25) is 4.79 Å². The Morgan fingerprint density at radius 1 is 1.64 bits per heavy atom. The summed E-state index contributed by atoms with van der Waals surface area (Å²) in [5.41, 5.74) is 0. The van der Waals surface area contributed by atoms with Crippen molar-refractivity contribution in [3.05, 3.63) is 0 Å². The van der Waals surface area contributed by atoms with Crippen LogP contribution >= 0.6 is 11.8 Å². The van der Waals surface area contributed by atoms with E-state index in [1.807, 2.05) is 16.7 Å². The van der Waals surface area contributed by atoms with Crippen molar-refractivity contribution < 1.29 is 14.6 Å². The molecule has 0 aliphatic carbocycles. The minimum absolute atomic E-state index is 0.00361. The van der Waals surface area contributed by atoms with E-state index in [1.165, 1.54) is 0 Å². The van der Waals surface area contributed by atoms with Gasteiger partial charge in [0.25, 0.3) is 0 Å². The van der Waals surface area contributed by atoms with Crippen LogP contribution in [0, 0.1) is 0 Å². The number of thioether (sulfide) groups is 1. The van der Waals surface area contributed by atoms with E-state index in [-0.39, 0.29) is 25.2 Å². The Labute approximate surface area is 87.6 Å². The Morgan fingerprint density at radius 3 is 3.14 bits per heavy atom. The number of amides is 1. The molecule has 80 valence electrons. The van der Waals surface area contributed by atoms with Gasteiger partial charge in [0.2, 0.25) is 5.91 Å². The Hall–Kier alpha value is -0.260. The lowest BCUT2D eigenvalue weighted by molar-refractivity contribution is -0.153. The van der Waals surface area contributed by atoms with Gasteiger partial charge < -0.3 is 14.7 Å². The minimum Gasteiger partial charge on any atom is -0.394 e. The van der Waals surface area contributed by atoms with Crippen LogP contribution in [0.4, 0.5) is 0 Å². The molecule has 0 aromatic carbocycles. The molecule has 5 heteroatoms. The van der Waals surface area contributed by atoms with Gasteiger partial charge in [-0.25, -0.2) is 0 Å². The Balaban J connectivity index is 1.96. The van der Waals surface area contributed by atoms with Crippen molar-refractivity contribution >= 4 is 17.7 Å². The smallest absolute Gasteiger partial charge is 0.248 e. The number of carbonyl (C=O) groups is 1. The van der Waals surface area contributed by atoms with E-state index < -0.39 is 0 Å². The molecule has 2 aliphatic heterocycles. The van der Waals surface area contributed by atoms with E-state index in [4.69, 9.17) is 9.84 Å². The average Bonchev–Trinajstić information content (AvgIpc) is 2.71. The molecule has 2 unspecified atom stereocenters. The summed E-state index contributed by atoms with van der Waals surface area (Å²) in [4.78, 5) is 13.4. The molecule has 4 nitrogen and oxygen atoms in total. The Bertz CT molecular complexity index is 218. The topological polar surface area (TPSA) is 49.8 Å². The summed E-state index contributed by atoms with van der Waals surface area (Å²) in [6, 6.07) is 0.366. The van der Waals surface area contributed by atoms with Gasteiger partial charge in [-0.1, -0.05) is 0 Å². The van der Waals surface area contributed by atoms with Crippen molar-refractivity contribution in [3.63, 3.8) is 0 Å². The monoisotopic (exact) mass is 217 g/mol. The highest BCUT2D eigenvalue weighted by Crippen LogP contribution is 2.24. The maximum atomic E-state index is 11.6. The van der Waals surface area contributed by atoms with Gasteiger partial charge in [0.15, 0.2) is 0 Å². The van der Waals surface area contributed by atoms with Crippen molar-refractivity contribution in [2.24, 2.45) is 0 Å². The summed E-state index contributed by atoms with van der Waals surface area (Å²) in [6.45, 7) is 0.691. The van der Waals surface area contributed by atoms with Crippen molar-refractivity contribution in [2.45, 2.75) is 18.6 Å². The van der Waals surface area contributed by atoms with Crippen LogP contribution in [-0.4, -0.2) is 59.3 Å². The second kappa shape index (κ2) is 4.51. The number of carbonyl (C=O) groups excluding carboxylic acids is 1. The first kappa shape index (κ1) is 10.3. The number of nitrogens with zero attached hydrogens (tertiary/aromatic N) is 1. The van der Waals surface area contributed by atoms with Gasteiger partial charge in [0.1, 0.15) is 6.61 Å². The van der Waals surface area contributed by atoms with Crippen LogP contribution in [-0.2, 0) is 9.53 Å². The molecule has 2 rings (SSSR count).